The number of aromatic nitrogens is 1. The SMILES string of the molecule is N=C(C(=O)O)c1cccnc1N. The van der Waals surface area contributed by atoms with Gasteiger partial charge in [-0.05, 0) is 12.1 Å². The molecule has 5 heteroatoms. The molecule has 0 aromatic carbocycles. The maximum absolute atomic E-state index is 10.3. The lowest BCUT2D eigenvalue weighted by molar-refractivity contribution is -0.129. The summed E-state index contributed by atoms with van der Waals surface area (Å²) in [7, 11) is 0. The van der Waals surface area contributed by atoms with Crippen LogP contribution in [0.2, 0.25) is 0 Å². The normalized spacial score (nSPS) is 9.33. The quantitative estimate of drug-likeness (QED) is 0.541. The van der Waals surface area contributed by atoms with E-state index in [4.69, 9.17) is 16.2 Å². The van der Waals surface area contributed by atoms with Gasteiger partial charge in [-0.1, -0.05) is 0 Å². The number of rotatable bonds is 2. The van der Waals surface area contributed by atoms with E-state index in [1.54, 1.807) is 0 Å². The molecule has 1 aromatic rings. The van der Waals surface area contributed by atoms with Crippen molar-refractivity contribution in [1.29, 1.82) is 5.41 Å². The zero-order valence-electron chi connectivity index (χ0n) is 6.11. The number of nitrogens with one attached hydrogen (secondary N) is 1. The number of carboxylic acid groups (broad SMARTS) is 1. The zero-order chi connectivity index (χ0) is 9.14. The van der Waals surface area contributed by atoms with Crippen molar-refractivity contribution in [1.82, 2.24) is 4.98 Å². The van der Waals surface area contributed by atoms with E-state index in [0.717, 1.165) is 0 Å². The first kappa shape index (κ1) is 8.19. The third-order valence-electron chi connectivity index (χ3n) is 1.32. The van der Waals surface area contributed by atoms with Gasteiger partial charge < -0.3 is 10.8 Å². The molecule has 0 bridgehead atoms. The highest BCUT2D eigenvalue weighted by molar-refractivity contribution is 6.42. The van der Waals surface area contributed by atoms with E-state index in [0.29, 0.717) is 0 Å². The molecule has 0 saturated heterocycles. The van der Waals surface area contributed by atoms with Gasteiger partial charge in [0.25, 0.3) is 0 Å². The number of hydrogen-bond acceptors (Lipinski definition) is 4. The molecule has 1 heterocycles. The van der Waals surface area contributed by atoms with Crippen LogP contribution in [0.25, 0.3) is 0 Å². The fraction of sp³-hybridized carbons (Fsp3) is 0. The predicted octanol–water partition coefficient (Wildman–Crippen LogP) is 0.116. The van der Waals surface area contributed by atoms with E-state index in [1.165, 1.54) is 18.3 Å². The molecular formula is C7H7N3O2. The highest BCUT2D eigenvalue weighted by Gasteiger charge is 2.12. The topological polar surface area (TPSA) is 100 Å². The summed E-state index contributed by atoms with van der Waals surface area (Å²) in [4.78, 5) is 14.0. The van der Waals surface area contributed by atoms with Crippen LogP contribution < -0.4 is 5.73 Å². The maximum Gasteiger partial charge on any atom is 0.354 e. The first-order valence-corrected chi connectivity index (χ1v) is 3.15. The molecule has 12 heavy (non-hydrogen) atoms. The highest BCUT2D eigenvalue weighted by Crippen LogP contribution is 2.07. The van der Waals surface area contributed by atoms with Gasteiger partial charge in [-0.15, -0.1) is 0 Å². The van der Waals surface area contributed by atoms with Crippen LogP contribution in [0.3, 0.4) is 0 Å². The van der Waals surface area contributed by atoms with Crippen LogP contribution in [-0.2, 0) is 4.79 Å². The minimum absolute atomic E-state index is 0.0601. The number of hydrogen-bond donors (Lipinski definition) is 3. The second kappa shape index (κ2) is 3.00. The number of anilines is 1. The van der Waals surface area contributed by atoms with Crippen molar-refractivity contribution in [3.05, 3.63) is 23.9 Å². The number of carbonyl (C=O) groups is 1. The first-order valence-electron chi connectivity index (χ1n) is 3.15. The fourth-order valence-electron chi connectivity index (χ4n) is 0.744. The van der Waals surface area contributed by atoms with Crippen LogP contribution in [0.1, 0.15) is 5.56 Å². The van der Waals surface area contributed by atoms with Crippen molar-refractivity contribution in [2.45, 2.75) is 0 Å². The van der Waals surface area contributed by atoms with Gasteiger partial charge in [-0.2, -0.15) is 0 Å². The average molecular weight is 165 g/mol. The maximum atomic E-state index is 10.3. The second-order valence-corrected chi connectivity index (χ2v) is 2.12. The standard InChI is InChI=1S/C7H7N3O2/c8-5(7(11)12)4-2-1-3-10-6(4)9/h1-3,8H,(H2,9,10)(H,11,12). The molecule has 1 rings (SSSR count). The molecule has 0 spiro atoms. The summed E-state index contributed by atoms with van der Waals surface area (Å²) in [5.41, 5.74) is 4.95. The summed E-state index contributed by atoms with van der Waals surface area (Å²) in [6.45, 7) is 0. The Bertz CT molecular complexity index is 335. The van der Waals surface area contributed by atoms with Crippen molar-refractivity contribution < 1.29 is 9.90 Å². The van der Waals surface area contributed by atoms with Crippen molar-refractivity contribution in [3.8, 4) is 0 Å². The Hall–Kier alpha value is -1.91. The molecule has 0 atom stereocenters. The zero-order valence-corrected chi connectivity index (χ0v) is 6.11. The van der Waals surface area contributed by atoms with Crippen LogP contribution >= 0.6 is 0 Å². The van der Waals surface area contributed by atoms with Crippen molar-refractivity contribution >= 4 is 17.5 Å². The number of nitrogen functional groups attached to an aromatic ring is 1. The molecule has 0 radical (unpaired) electrons. The van der Waals surface area contributed by atoms with Crippen LogP contribution in [0.4, 0.5) is 5.82 Å². The lowest BCUT2D eigenvalue weighted by Crippen LogP contribution is -2.15. The smallest absolute Gasteiger partial charge is 0.354 e. The van der Waals surface area contributed by atoms with E-state index in [2.05, 4.69) is 4.98 Å². The molecule has 0 amide bonds. The Morgan fingerprint density at radius 3 is 2.83 bits per heavy atom. The molecule has 0 fully saturated rings. The minimum Gasteiger partial charge on any atom is -0.477 e. The molecule has 4 N–H and O–H groups in total. The average Bonchev–Trinajstić information content (AvgIpc) is 2.04. The number of pyridine rings is 1. The lowest BCUT2D eigenvalue weighted by Gasteiger charge is -2.00. The molecule has 0 aliphatic heterocycles. The molecular weight excluding hydrogens is 158 g/mol. The highest BCUT2D eigenvalue weighted by atomic mass is 16.4. The van der Waals surface area contributed by atoms with Gasteiger partial charge in [0.05, 0.1) is 0 Å². The number of aliphatic carboxylic acids is 1. The van der Waals surface area contributed by atoms with Crippen LogP contribution in [-0.4, -0.2) is 21.8 Å². The number of nitrogens with two attached hydrogens (primary N) is 1. The van der Waals surface area contributed by atoms with Gasteiger partial charge in [-0.25, -0.2) is 9.78 Å². The largest absolute Gasteiger partial charge is 0.477 e. The van der Waals surface area contributed by atoms with Gasteiger partial charge >= 0.3 is 5.97 Å². The van der Waals surface area contributed by atoms with Gasteiger partial charge in [0.15, 0.2) is 5.71 Å². The van der Waals surface area contributed by atoms with E-state index in [1.807, 2.05) is 0 Å². The third-order valence-corrected chi connectivity index (χ3v) is 1.32. The Kier molecular flexibility index (Phi) is 2.05. The van der Waals surface area contributed by atoms with Crippen LogP contribution in [0.15, 0.2) is 18.3 Å². The predicted molar refractivity (Wildman–Crippen MR) is 43.1 cm³/mol. The lowest BCUT2D eigenvalue weighted by atomic mass is 10.1. The summed E-state index contributed by atoms with van der Waals surface area (Å²) in [6.07, 6.45) is 1.44. The van der Waals surface area contributed by atoms with Gasteiger partial charge in [0.2, 0.25) is 0 Å². The molecule has 1 aromatic heterocycles. The van der Waals surface area contributed by atoms with E-state index in [-0.39, 0.29) is 11.4 Å². The summed E-state index contributed by atoms with van der Waals surface area (Å²) < 4.78 is 0. The Balaban J connectivity index is 3.11. The summed E-state index contributed by atoms with van der Waals surface area (Å²) in [6, 6.07) is 2.97. The summed E-state index contributed by atoms with van der Waals surface area (Å²) in [5, 5.41) is 15.6. The van der Waals surface area contributed by atoms with Crippen LogP contribution in [0, 0.1) is 5.41 Å². The third kappa shape index (κ3) is 1.39. The van der Waals surface area contributed by atoms with E-state index < -0.39 is 11.7 Å². The monoisotopic (exact) mass is 165 g/mol. The van der Waals surface area contributed by atoms with Gasteiger partial charge in [-0.3, -0.25) is 5.41 Å². The van der Waals surface area contributed by atoms with Crippen molar-refractivity contribution in [2.75, 3.05) is 5.73 Å². The van der Waals surface area contributed by atoms with Gasteiger partial charge in [0, 0.05) is 11.8 Å². The molecule has 5 nitrogen and oxygen atoms in total. The number of carboxylic acids is 1. The fourth-order valence-corrected chi connectivity index (χ4v) is 0.744. The Morgan fingerprint density at radius 2 is 2.33 bits per heavy atom. The molecule has 62 valence electrons. The molecule has 0 unspecified atom stereocenters. The summed E-state index contributed by atoms with van der Waals surface area (Å²) >= 11 is 0. The van der Waals surface area contributed by atoms with Crippen molar-refractivity contribution in [3.63, 3.8) is 0 Å². The summed E-state index contributed by atoms with van der Waals surface area (Å²) in [5.74, 6) is -1.25. The van der Waals surface area contributed by atoms with Crippen molar-refractivity contribution in [2.24, 2.45) is 0 Å². The molecule has 0 aliphatic carbocycles. The van der Waals surface area contributed by atoms with E-state index in [9.17, 15) is 4.79 Å². The Morgan fingerprint density at radius 1 is 1.67 bits per heavy atom. The number of nitrogens with zero attached hydrogens (tertiary/aromatic N) is 1. The minimum atomic E-state index is -1.31. The van der Waals surface area contributed by atoms with Crippen LogP contribution in [0.5, 0.6) is 0 Å². The van der Waals surface area contributed by atoms with Gasteiger partial charge in [0.1, 0.15) is 5.82 Å². The Labute approximate surface area is 68.4 Å². The molecule has 0 aliphatic rings. The second-order valence-electron chi connectivity index (χ2n) is 2.12. The molecule has 0 saturated carbocycles. The first-order chi connectivity index (χ1) is 5.63. The van der Waals surface area contributed by atoms with E-state index >= 15 is 0 Å².